The Labute approximate surface area is 168 Å². The number of benzene rings is 1. The van der Waals surface area contributed by atoms with E-state index < -0.39 is 6.04 Å². The van der Waals surface area contributed by atoms with Crippen LogP contribution in [-0.2, 0) is 22.7 Å². The number of pyridine rings is 1. The molecule has 8 heteroatoms. The van der Waals surface area contributed by atoms with Crippen LogP contribution in [0.4, 0.5) is 0 Å². The summed E-state index contributed by atoms with van der Waals surface area (Å²) in [6, 6.07) is 11.1. The molecule has 1 aliphatic heterocycles. The first-order valence-electron chi connectivity index (χ1n) is 9.63. The molecule has 150 valence electrons. The van der Waals surface area contributed by atoms with Crippen LogP contribution in [0, 0.1) is 6.92 Å². The van der Waals surface area contributed by atoms with Crippen molar-refractivity contribution in [2.75, 3.05) is 13.1 Å². The number of oxazole rings is 1. The van der Waals surface area contributed by atoms with Gasteiger partial charge >= 0.3 is 0 Å². The summed E-state index contributed by atoms with van der Waals surface area (Å²) in [6.07, 6.45) is 1.72. The maximum Gasteiger partial charge on any atom is 0.237 e. The summed E-state index contributed by atoms with van der Waals surface area (Å²) in [5, 5.41) is 5.65. The van der Waals surface area contributed by atoms with Gasteiger partial charge in [-0.3, -0.25) is 14.5 Å². The van der Waals surface area contributed by atoms with Crippen molar-refractivity contribution in [1.29, 1.82) is 0 Å². The number of aryl methyl sites for hydroxylation is 1. The molecular weight excluding hydrogens is 370 g/mol. The first kappa shape index (κ1) is 19.1. The fourth-order valence-corrected chi connectivity index (χ4v) is 3.49. The smallest absolute Gasteiger partial charge is 0.237 e. The topological polar surface area (TPSA) is 100 Å². The highest BCUT2D eigenvalue weighted by Crippen LogP contribution is 2.17. The molecule has 8 nitrogen and oxygen atoms in total. The first-order valence-corrected chi connectivity index (χ1v) is 9.63. The Balaban J connectivity index is 1.39. The van der Waals surface area contributed by atoms with Gasteiger partial charge < -0.3 is 15.1 Å². The molecule has 29 heavy (non-hydrogen) atoms. The van der Waals surface area contributed by atoms with E-state index in [4.69, 9.17) is 4.42 Å². The van der Waals surface area contributed by atoms with Crippen molar-refractivity contribution in [2.45, 2.75) is 32.5 Å². The predicted molar refractivity (Wildman–Crippen MR) is 107 cm³/mol. The number of hydrogen-bond acceptors (Lipinski definition) is 6. The van der Waals surface area contributed by atoms with Gasteiger partial charge in [0.05, 0.1) is 19.0 Å². The quantitative estimate of drug-likeness (QED) is 0.659. The molecule has 1 saturated heterocycles. The summed E-state index contributed by atoms with van der Waals surface area (Å²) in [5.41, 5.74) is 3.42. The minimum Gasteiger partial charge on any atom is -0.437 e. The monoisotopic (exact) mass is 393 g/mol. The average Bonchev–Trinajstić information content (AvgIpc) is 3.14. The Morgan fingerprint density at radius 3 is 3.00 bits per heavy atom. The molecule has 3 heterocycles. The van der Waals surface area contributed by atoms with Crippen LogP contribution in [0.3, 0.4) is 0 Å². The number of fused-ring (bicyclic) bond motifs is 1. The Bertz CT molecular complexity index is 999. The number of aromatic nitrogens is 2. The SMILES string of the molecule is Cc1ccccc1CN1CCNC(=O)C1CC(=O)NCc1nc2ncccc2o1. The van der Waals surface area contributed by atoms with Gasteiger partial charge in [0, 0.05) is 25.8 Å². The molecular formula is C21H23N5O3. The van der Waals surface area contributed by atoms with Gasteiger partial charge in [0.2, 0.25) is 17.7 Å². The van der Waals surface area contributed by atoms with Crippen LogP contribution in [0.2, 0.25) is 0 Å². The normalized spacial score (nSPS) is 17.3. The van der Waals surface area contributed by atoms with Crippen molar-refractivity contribution in [1.82, 2.24) is 25.5 Å². The van der Waals surface area contributed by atoms with E-state index in [1.54, 1.807) is 18.3 Å². The van der Waals surface area contributed by atoms with Crippen LogP contribution in [0.25, 0.3) is 11.2 Å². The van der Waals surface area contributed by atoms with Crippen LogP contribution in [0.1, 0.15) is 23.4 Å². The van der Waals surface area contributed by atoms with E-state index in [1.165, 1.54) is 5.56 Å². The number of nitrogens with one attached hydrogen (secondary N) is 2. The third-order valence-electron chi connectivity index (χ3n) is 5.10. The summed E-state index contributed by atoms with van der Waals surface area (Å²) in [4.78, 5) is 35.4. The van der Waals surface area contributed by atoms with Crippen LogP contribution >= 0.6 is 0 Å². The standard InChI is InChI=1S/C21H23N5O3/c1-14-5-2-3-6-15(14)13-26-10-9-23-21(28)16(26)11-18(27)24-12-19-25-20-17(29-19)7-4-8-22-20/h2-8,16H,9-13H2,1H3,(H,23,28)(H,24,27). The van der Waals surface area contributed by atoms with Crippen molar-refractivity contribution in [3.8, 4) is 0 Å². The van der Waals surface area contributed by atoms with E-state index in [-0.39, 0.29) is 24.8 Å². The fraction of sp³-hybridized carbons (Fsp3) is 0.333. The van der Waals surface area contributed by atoms with Gasteiger partial charge in [-0.05, 0) is 30.2 Å². The number of carbonyl (C=O) groups excluding carboxylic acids is 2. The highest BCUT2D eigenvalue weighted by atomic mass is 16.3. The van der Waals surface area contributed by atoms with E-state index in [0.29, 0.717) is 36.8 Å². The average molecular weight is 393 g/mol. The van der Waals surface area contributed by atoms with Crippen molar-refractivity contribution in [2.24, 2.45) is 0 Å². The second kappa shape index (κ2) is 8.40. The maximum absolute atomic E-state index is 12.5. The van der Waals surface area contributed by atoms with E-state index in [0.717, 1.165) is 5.56 Å². The molecule has 3 aromatic rings. The molecule has 0 saturated carbocycles. The number of rotatable bonds is 6. The summed E-state index contributed by atoms with van der Waals surface area (Å²) in [5.74, 6) is 0.0417. The minimum atomic E-state index is -0.506. The second-order valence-corrected chi connectivity index (χ2v) is 7.12. The van der Waals surface area contributed by atoms with E-state index in [1.807, 2.05) is 12.1 Å². The Morgan fingerprint density at radius 1 is 1.31 bits per heavy atom. The van der Waals surface area contributed by atoms with Crippen LogP contribution in [0.5, 0.6) is 0 Å². The van der Waals surface area contributed by atoms with Crippen molar-refractivity contribution < 1.29 is 14.0 Å². The first-order chi connectivity index (χ1) is 14.1. The van der Waals surface area contributed by atoms with Gasteiger partial charge in [-0.25, -0.2) is 4.98 Å². The van der Waals surface area contributed by atoms with Gasteiger partial charge in [0.15, 0.2) is 11.2 Å². The Morgan fingerprint density at radius 2 is 2.17 bits per heavy atom. The Hall–Kier alpha value is -3.26. The summed E-state index contributed by atoms with van der Waals surface area (Å²) in [7, 11) is 0. The molecule has 2 aromatic heterocycles. The third-order valence-corrected chi connectivity index (χ3v) is 5.10. The lowest BCUT2D eigenvalue weighted by atomic mass is 10.0. The van der Waals surface area contributed by atoms with Gasteiger partial charge in [-0.15, -0.1) is 0 Å². The highest BCUT2D eigenvalue weighted by Gasteiger charge is 2.31. The second-order valence-electron chi connectivity index (χ2n) is 7.12. The molecule has 0 aliphatic carbocycles. The van der Waals surface area contributed by atoms with Crippen LogP contribution < -0.4 is 10.6 Å². The zero-order valence-electron chi connectivity index (χ0n) is 16.2. The number of hydrogen-bond donors (Lipinski definition) is 2. The lowest BCUT2D eigenvalue weighted by Crippen LogP contribution is -2.56. The Kier molecular flexibility index (Phi) is 5.53. The molecule has 0 spiro atoms. The lowest BCUT2D eigenvalue weighted by Gasteiger charge is -2.35. The number of piperazine rings is 1. The summed E-state index contributed by atoms with van der Waals surface area (Å²) in [6.45, 7) is 4.12. The van der Waals surface area contributed by atoms with Crippen LogP contribution in [-0.4, -0.2) is 45.8 Å². The zero-order chi connectivity index (χ0) is 20.2. The van der Waals surface area contributed by atoms with Crippen molar-refractivity contribution >= 4 is 23.0 Å². The molecule has 2 amide bonds. The summed E-state index contributed by atoms with van der Waals surface area (Å²) < 4.78 is 5.56. The van der Waals surface area contributed by atoms with E-state index >= 15 is 0 Å². The van der Waals surface area contributed by atoms with Gasteiger partial charge in [0.1, 0.15) is 0 Å². The predicted octanol–water partition coefficient (Wildman–Crippen LogP) is 1.54. The lowest BCUT2D eigenvalue weighted by molar-refractivity contribution is -0.134. The maximum atomic E-state index is 12.5. The molecule has 1 atom stereocenters. The molecule has 1 fully saturated rings. The van der Waals surface area contributed by atoms with E-state index in [2.05, 4.69) is 44.6 Å². The summed E-state index contributed by atoms with van der Waals surface area (Å²) >= 11 is 0. The molecule has 2 N–H and O–H groups in total. The molecule has 1 aromatic carbocycles. The molecule has 1 aliphatic rings. The number of carbonyl (C=O) groups is 2. The van der Waals surface area contributed by atoms with Crippen LogP contribution in [0.15, 0.2) is 47.0 Å². The molecule has 0 radical (unpaired) electrons. The highest BCUT2D eigenvalue weighted by molar-refractivity contribution is 5.88. The zero-order valence-corrected chi connectivity index (χ0v) is 16.2. The van der Waals surface area contributed by atoms with Crippen molar-refractivity contribution in [3.05, 3.63) is 59.6 Å². The van der Waals surface area contributed by atoms with Gasteiger partial charge in [0.25, 0.3) is 0 Å². The van der Waals surface area contributed by atoms with E-state index in [9.17, 15) is 9.59 Å². The largest absolute Gasteiger partial charge is 0.437 e. The third kappa shape index (κ3) is 4.43. The number of nitrogens with zero attached hydrogens (tertiary/aromatic N) is 3. The number of amides is 2. The van der Waals surface area contributed by atoms with Crippen molar-refractivity contribution in [3.63, 3.8) is 0 Å². The molecule has 0 bridgehead atoms. The molecule has 4 rings (SSSR count). The van der Waals surface area contributed by atoms with Gasteiger partial charge in [-0.1, -0.05) is 24.3 Å². The fourth-order valence-electron chi connectivity index (χ4n) is 3.49. The molecule has 1 unspecified atom stereocenters. The van der Waals surface area contributed by atoms with Gasteiger partial charge in [-0.2, -0.15) is 4.98 Å². The minimum absolute atomic E-state index is 0.0796.